The predicted molar refractivity (Wildman–Crippen MR) is 77.9 cm³/mol. The molecule has 118 valence electrons. The number of aliphatic hydroxyl groups is 1. The van der Waals surface area contributed by atoms with Crippen molar-refractivity contribution < 1.29 is 23.1 Å². The van der Waals surface area contributed by atoms with Gasteiger partial charge < -0.3 is 15.2 Å². The van der Waals surface area contributed by atoms with Crippen molar-refractivity contribution in [2.75, 3.05) is 27.8 Å². The van der Waals surface area contributed by atoms with Gasteiger partial charge in [-0.2, -0.15) is 0 Å². The molecule has 2 N–H and O–H groups in total. The lowest BCUT2D eigenvalue weighted by Gasteiger charge is -2.16. The van der Waals surface area contributed by atoms with E-state index in [1.807, 2.05) is 0 Å². The van der Waals surface area contributed by atoms with E-state index in [9.17, 15) is 13.2 Å². The van der Waals surface area contributed by atoms with Crippen LogP contribution in [-0.4, -0.2) is 57.6 Å². The summed E-state index contributed by atoms with van der Waals surface area (Å²) in [6, 6.07) is 3.73. The number of methoxy groups -OCH3 is 1. The number of hydrogen-bond acceptors (Lipinski definition) is 5. The number of benzene rings is 1. The summed E-state index contributed by atoms with van der Waals surface area (Å²) in [4.78, 5) is 11.9. The Morgan fingerprint density at radius 2 is 2.05 bits per heavy atom. The van der Waals surface area contributed by atoms with Crippen LogP contribution in [0.4, 0.5) is 0 Å². The third-order valence-corrected chi connectivity index (χ3v) is 4.67. The van der Waals surface area contributed by atoms with Crippen molar-refractivity contribution in [3.8, 4) is 5.75 Å². The molecule has 0 spiro atoms. The van der Waals surface area contributed by atoms with E-state index < -0.39 is 22.0 Å². The van der Waals surface area contributed by atoms with Crippen LogP contribution in [0, 0.1) is 0 Å². The molecule has 1 aromatic carbocycles. The maximum atomic E-state index is 12.2. The van der Waals surface area contributed by atoms with Gasteiger partial charge in [0.2, 0.25) is 10.0 Å². The molecule has 0 aliphatic rings. The molecule has 1 aromatic rings. The second-order valence-electron chi connectivity index (χ2n) is 4.71. The molecule has 1 atom stereocenters. The smallest absolute Gasteiger partial charge is 0.251 e. The highest BCUT2D eigenvalue weighted by molar-refractivity contribution is 7.89. The lowest BCUT2D eigenvalue weighted by atomic mass is 10.2. The Morgan fingerprint density at radius 1 is 1.43 bits per heavy atom. The van der Waals surface area contributed by atoms with Crippen LogP contribution in [0.15, 0.2) is 23.1 Å². The quantitative estimate of drug-likeness (QED) is 0.773. The number of aliphatic hydroxyl groups excluding tert-OH is 1. The summed E-state index contributed by atoms with van der Waals surface area (Å²) >= 11 is 0. The number of sulfonamides is 1. The molecule has 1 unspecified atom stereocenters. The number of nitrogens with one attached hydrogen (secondary N) is 1. The Morgan fingerprint density at radius 3 is 2.52 bits per heavy atom. The molecule has 0 fully saturated rings. The van der Waals surface area contributed by atoms with Crippen molar-refractivity contribution >= 4 is 15.9 Å². The number of ether oxygens (including phenoxy) is 1. The normalized spacial score (nSPS) is 13.0. The molecule has 21 heavy (non-hydrogen) atoms. The monoisotopic (exact) mass is 316 g/mol. The van der Waals surface area contributed by atoms with Crippen molar-refractivity contribution in [2.24, 2.45) is 0 Å². The SMILES string of the molecule is COc1ccc(C(=O)NC(C)CO)cc1S(=O)(=O)N(C)C. The molecule has 0 saturated carbocycles. The minimum Gasteiger partial charge on any atom is -0.495 e. The first-order valence-corrected chi connectivity index (χ1v) is 7.70. The van der Waals surface area contributed by atoms with Gasteiger partial charge in [0, 0.05) is 25.7 Å². The molecule has 7 nitrogen and oxygen atoms in total. The van der Waals surface area contributed by atoms with Gasteiger partial charge in [-0.3, -0.25) is 4.79 Å². The molecular formula is C13H20N2O5S. The van der Waals surface area contributed by atoms with Crippen molar-refractivity contribution in [1.29, 1.82) is 0 Å². The fraction of sp³-hybridized carbons (Fsp3) is 0.462. The maximum Gasteiger partial charge on any atom is 0.251 e. The van der Waals surface area contributed by atoms with Crippen LogP contribution in [0.25, 0.3) is 0 Å². The molecule has 0 bridgehead atoms. The Hall–Kier alpha value is -1.64. The highest BCUT2D eigenvalue weighted by Crippen LogP contribution is 2.26. The Balaban J connectivity index is 3.26. The molecule has 0 radical (unpaired) electrons. The van der Waals surface area contributed by atoms with E-state index in [-0.39, 0.29) is 22.8 Å². The molecule has 1 amide bonds. The first kappa shape index (κ1) is 17.4. The Labute approximate surface area is 124 Å². The van der Waals surface area contributed by atoms with E-state index in [1.165, 1.54) is 39.4 Å². The first-order chi connectivity index (χ1) is 9.73. The summed E-state index contributed by atoms with van der Waals surface area (Å²) in [7, 11) is 0.424. The van der Waals surface area contributed by atoms with Gasteiger partial charge in [-0.05, 0) is 25.1 Å². The van der Waals surface area contributed by atoms with Gasteiger partial charge in [0.25, 0.3) is 5.91 Å². The second-order valence-corrected chi connectivity index (χ2v) is 6.83. The predicted octanol–water partition coefficient (Wildman–Crippen LogP) is 0.0561. The van der Waals surface area contributed by atoms with Crippen LogP contribution in [-0.2, 0) is 10.0 Å². The van der Waals surface area contributed by atoms with Crippen molar-refractivity contribution in [3.05, 3.63) is 23.8 Å². The lowest BCUT2D eigenvalue weighted by molar-refractivity contribution is 0.0922. The third-order valence-electron chi connectivity index (χ3n) is 2.84. The number of rotatable bonds is 6. The van der Waals surface area contributed by atoms with Gasteiger partial charge >= 0.3 is 0 Å². The van der Waals surface area contributed by atoms with Crippen LogP contribution < -0.4 is 10.1 Å². The van der Waals surface area contributed by atoms with Gasteiger partial charge in [-0.1, -0.05) is 0 Å². The highest BCUT2D eigenvalue weighted by atomic mass is 32.2. The van der Waals surface area contributed by atoms with Crippen LogP contribution in [0.2, 0.25) is 0 Å². The standard InChI is InChI=1S/C13H20N2O5S/c1-9(8-16)14-13(17)10-5-6-11(20-4)12(7-10)21(18,19)15(2)3/h5-7,9,16H,8H2,1-4H3,(H,14,17). The summed E-state index contributed by atoms with van der Waals surface area (Å²) in [5.41, 5.74) is 0.177. The highest BCUT2D eigenvalue weighted by Gasteiger charge is 2.24. The van der Waals surface area contributed by atoms with E-state index in [4.69, 9.17) is 9.84 Å². The topological polar surface area (TPSA) is 95.9 Å². The zero-order valence-corrected chi connectivity index (χ0v) is 13.3. The molecule has 0 aliphatic heterocycles. The van der Waals surface area contributed by atoms with E-state index in [2.05, 4.69) is 5.32 Å². The van der Waals surface area contributed by atoms with E-state index in [0.29, 0.717) is 0 Å². The van der Waals surface area contributed by atoms with Crippen LogP contribution in [0.5, 0.6) is 5.75 Å². The number of nitrogens with zero attached hydrogens (tertiary/aromatic N) is 1. The molecule has 8 heteroatoms. The Bertz CT molecular complexity index is 613. The second kappa shape index (κ2) is 6.88. The van der Waals surface area contributed by atoms with Gasteiger partial charge in [0.05, 0.1) is 13.7 Å². The molecule has 0 saturated heterocycles. The molecular weight excluding hydrogens is 296 g/mol. The zero-order chi connectivity index (χ0) is 16.2. The summed E-state index contributed by atoms with van der Waals surface area (Å²) < 4.78 is 30.6. The number of amides is 1. The van der Waals surface area contributed by atoms with Gasteiger partial charge in [-0.15, -0.1) is 0 Å². The molecule has 0 heterocycles. The van der Waals surface area contributed by atoms with Crippen molar-refractivity contribution in [2.45, 2.75) is 17.9 Å². The molecule has 0 aromatic heterocycles. The molecule has 1 rings (SSSR count). The van der Waals surface area contributed by atoms with Crippen LogP contribution in [0.1, 0.15) is 17.3 Å². The van der Waals surface area contributed by atoms with Gasteiger partial charge in [0.15, 0.2) is 0 Å². The van der Waals surface area contributed by atoms with Crippen LogP contribution >= 0.6 is 0 Å². The number of hydrogen-bond donors (Lipinski definition) is 2. The minimum atomic E-state index is -3.73. The zero-order valence-electron chi connectivity index (χ0n) is 12.5. The Kier molecular flexibility index (Phi) is 5.70. The molecule has 0 aliphatic carbocycles. The van der Waals surface area contributed by atoms with Crippen molar-refractivity contribution in [1.82, 2.24) is 9.62 Å². The lowest BCUT2D eigenvalue weighted by Crippen LogP contribution is -2.35. The third kappa shape index (κ3) is 3.93. The van der Waals surface area contributed by atoms with Crippen LogP contribution in [0.3, 0.4) is 0 Å². The summed E-state index contributed by atoms with van der Waals surface area (Å²) in [6.07, 6.45) is 0. The summed E-state index contributed by atoms with van der Waals surface area (Å²) in [6.45, 7) is 1.43. The van der Waals surface area contributed by atoms with E-state index in [1.54, 1.807) is 6.92 Å². The van der Waals surface area contributed by atoms with Gasteiger partial charge in [-0.25, -0.2) is 12.7 Å². The maximum absolute atomic E-state index is 12.2. The number of carbonyl (C=O) groups is 1. The van der Waals surface area contributed by atoms with Crippen molar-refractivity contribution in [3.63, 3.8) is 0 Å². The van der Waals surface area contributed by atoms with E-state index in [0.717, 1.165) is 4.31 Å². The summed E-state index contributed by atoms with van der Waals surface area (Å²) in [5.74, 6) is -0.301. The average molecular weight is 316 g/mol. The van der Waals surface area contributed by atoms with E-state index >= 15 is 0 Å². The largest absolute Gasteiger partial charge is 0.495 e. The number of carbonyl (C=O) groups excluding carboxylic acids is 1. The summed E-state index contributed by atoms with van der Waals surface area (Å²) in [5, 5.41) is 11.5. The fourth-order valence-corrected chi connectivity index (χ4v) is 2.64. The first-order valence-electron chi connectivity index (χ1n) is 6.26. The van der Waals surface area contributed by atoms with Gasteiger partial charge in [0.1, 0.15) is 10.6 Å². The fourth-order valence-electron chi connectivity index (χ4n) is 1.57. The average Bonchev–Trinajstić information content (AvgIpc) is 2.45. The minimum absolute atomic E-state index is 0.0840.